The van der Waals surface area contributed by atoms with Crippen molar-refractivity contribution in [3.63, 3.8) is 0 Å². The van der Waals surface area contributed by atoms with E-state index in [0.717, 1.165) is 21.3 Å². The van der Waals surface area contributed by atoms with Crippen LogP contribution in [0, 0.1) is 6.92 Å². The second-order valence-corrected chi connectivity index (χ2v) is 6.24. The fourth-order valence-electron chi connectivity index (χ4n) is 2.05. The van der Waals surface area contributed by atoms with Gasteiger partial charge < -0.3 is 5.32 Å². The molecule has 1 amide bonds. The molecule has 5 heteroatoms. The third-order valence-corrected chi connectivity index (χ3v) is 4.46. The molecule has 0 bridgehead atoms. The van der Waals surface area contributed by atoms with Crippen LogP contribution in [-0.4, -0.2) is 10.9 Å². The number of anilines is 1. The van der Waals surface area contributed by atoms with Gasteiger partial charge in [-0.2, -0.15) is 0 Å². The highest BCUT2D eigenvalue weighted by molar-refractivity contribution is 7.22. The van der Waals surface area contributed by atoms with Crippen molar-refractivity contribution in [2.45, 2.75) is 13.3 Å². The molecule has 21 heavy (non-hydrogen) atoms. The lowest BCUT2D eigenvalue weighted by Gasteiger charge is -2.01. The van der Waals surface area contributed by atoms with E-state index in [2.05, 4.69) is 10.3 Å². The summed E-state index contributed by atoms with van der Waals surface area (Å²) in [4.78, 5) is 16.4. The van der Waals surface area contributed by atoms with Gasteiger partial charge >= 0.3 is 0 Å². The number of hydrogen-bond acceptors (Lipinski definition) is 3. The lowest BCUT2D eigenvalue weighted by atomic mass is 10.1. The van der Waals surface area contributed by atoms with E-state index in [9.17, 15) is 4.79 Å². The van der Waals surface area contributed by atoms with E-state index in [1.165, 1.54) is 11.3 Å². The number of thiazole rings is 1. The fourth-order valence-corrected chi connectivity index (χ4v) is 3.17. The molecular formula is C16H13ClN2OS. The number of nitrogens with one attached hydrogen (secondary N) is 1. The minimum absolute atomic E-state index is 0.0666. The van der Waals surface area contributed by atoms with Crippen LogP contribution < -0.4 is 5.32 Å². The first-order valence-electron chi connectivity index (χ1n) is 6.52. The van der Waals surface area contributed by atoms with Gasteiger partial charge in [0, 0.05) is 5.02 Å². The van der Waals surface area contributed by atoms with Gasteiger partial charge in [-0.1, -0.05) is 53.3 Å². The quantitative estimate of drug-likeness (QED) is 0.776. The zero-order chi connectivity index (χ0) is 14.8. The zero-order valence-corrected chi connectivity index (χ0v) is 13.0. The van der Waals surface area contributed by atoms with E-state index in [1.807, 2.05) is 49.4 Å². The zero-order valence-electron chi connectivity index (χ0n) is 11.4. The van der Waals surface area contributed by atoms with Crippen LogP contribution in [0.25, 0.3) is 10.2 Å². The second kappa shape index (κ2) is 5.84. The van der Waals surface area contributed by atoms with Crippen molar-refractivity contribution in [1.29, 1.82) is 0 Å². The molecule has 3 aromatic rings. The maximum atomic E-state index is 12.0. The monoisotopic (exact) mass is 316 g/mol. The van der Waals surface area contributed by atoms with Gasteiger partial charge in [-0.05, 0) is 30.2 Å². The van der Waals surface area contributed by atoms with Crippen molar-refractivity contribution in [3.8, 4) is 0 Å². The molecule has 2 aromatic carbocycles. The molecule has 3 nitrogen and oxygen atoms in total. The summed E-state index contributed by atoms with van der Waals surface area (Å²) in [6.07, 6.45) is 0.344. The van der Waals surface area contributed by atoms with Crippen LogP contribution in [-0.2, 0) is 11.2 Å². The van der Waals surface area contributed by atoms with Gasteiger partial charge in [0.25, 0.3) is 0 Å². The van der Waals surface area contributed by atoms with E-state index in [4.69, 9.17) is 11.6 Å². The number of amides is 1. The molecule has 0 radical (unpaired) electrons. The molecule has 106 valence electrons. The van der Waals surface area contributed by atoms with Crippen LogP contribution in [0.3, 0.4) is 0 Å². The van der Waals surface area contributed by atoms with Crippen molar-refractivity contribution in [1.82, 2.24) is 4.98 Å². The molecule has 0 saturated heterocycles. The van der Waals surface area contributed by atoms with Crippen LogP contribution in [0.4, 0.5) is 5.13 Å². The Bertz CT molecular complexity index is 760. The van der Waals surface area contributed by atoms with E-state index >= 15 is 0 Å². The summed E-state index contributed by atoms with van der Waals surface area (Å²) in [5, 5.41) is 4.14. The molecule has 0 atom stereocenters. The van der Waals surface area contributed by atoms with Gasteiger partial charge in [-0.15, -0.1) is 0 Å². The first-order valence-corrected chi connectivity index (χ1v) is 7.72. The minimum Gasteiger partial charge on any atom is -0.302 e. The van der Waals surface area contributed by atoms with Gasteiger partial charge in [-0.3, -0.25) is 4.79 Å². The van der Waals surface area contributed by atoms with Crippen molar-refractivity contribution in [2.75, 3.05) is 5.32 Å². The molecule has 0 aliphatic heterocycles. The third kappa shape index (κ3) is 3.23. The van der Waals surface area contributed by atoms with Gasteiger partial charge in [-0.25, -0.2) is 4.98 Å². The lowest BCUT2D eigenvalue weighted by Crippen LogP contribution is -2.13. The molecular weight excluding hydrogens is 304 g/mol. The normalized spacial score (nSPS) is 10.8. The third-order valence-electron chi connectivity index (χ3n) is 3.12. The Kier molecular flexibility index (Phi) is 3.90. The number of carbonyl (C=O) groups is 1. The van der Waals surface area contributed by atoms with Gasteiger partial charge in [0.15, 0.2) is 5.13 Å². The second-order valence-electron chi connectivity index (χ2n) is 4.80. The smallest absolute Gasteiger partial charge is 0.230 e. The largest absolute Gasteiger partial charge is 0.302 e. The highest BCUT2D eigenvalue weighted by Crippen LogP contribution is 2.30. The van der Waals surface area contributed by atoms with E-state index < -0.39 is 0 Å². The van der Waals surface area contributed by atoms with Crippen molar-refractivity contribution >= 4 is 44.2 Å². The van der Waals surface area contributed by atoms with Crippen LogP contribution in [0.2, 0.25) is 5.02 Å². The highest BCUT2D eigenvalue weighted by Gasteiger charge is 2.10. The Hall–Kier alpha value is -1.91. The minimum atomic E-state index is -0.0666. The lowest BCUT2D eigenvalue weighted by molar-refractivity contribution is -0.115. The molecule has 0 aliphatic carbocycles. The first kappa shape index (κ1) is 14.0. The van der Waals surface area contributed by atoms with Crippen LogP contribution in [0.1, 0.15) is 11.1 Å². The summed E-state index contributed by atoms with van der Waals surface area (Å²) in [6, 6.07) is 13.5. The number of nitrogens with zero attached hydrogens (tertiary/aromatic N) is 1. The molecule has 0 fully saturated rings. The highest BCUT2D eigenvalue weighted by atomic mass is 35.5. The summed E-state index contributed by atoms with van der Waals surface area (Å²) >= 11 is 7.54. The number of halogens is 1. The maximum Gasteiger partial charge on any atom is 0.230 e. The van der Waals surface area contributed by atoms with Crippen molar-refractivity contribution < 1.29 is 4.79 Å². The molecule has 1 heterocycles. The number of rotatable bonds is 3. The molecule has 1 N–H and O–H groups in total. The Morgan fingerprint density at radius 1 is 1.29 bits per heavy atom. The van der Waals surface area contributed by atoms with Gasteiger partial charge in [0.05, 0.1) is 16.6 Å². The van der Waals surface area contributed by atoms with E-state index in [1.54, 1.807) is 0 Å². The number of fused-ring (bicyclic) bond motifs is 1. The summed E-state index contributed by atoms with van der Waals surface area (Å²) < 4.78 is 1.02. The van der Waals surface area contributed by atoms with Crippen molar-refractivity contribution in [2.24, 2.45) is 0 Å². The Labute approximate surface area is 131 Å². The molecule has 1 aromatic heterocycles. The predicted octanol–water partition coefficient (Wildman–Crippen LogP) is 4.44. The van der Waals surface area contributed by atoms with Crippen LogP contribution in [0.15, 0.2) is 42.5 Å². The molecule has 0 unspecified atom stereocenters. The number of hydrogen-bond donors (Lipinski definition) is 1. The summed E-state index contributed by atoms with van der Waals surface area (Å²) in [5.41, 5.74) is 2.80. The number of benzene rings is 2. The number of aryl methyl sites for hydroxylation is 1. The Morgan fingerprint density at radius 2 is 2.05 bits per heavy atom. The average molecular weight is 317 g/mol. The first-order chi connectivity index (χ1) is 10.1. The summed E-state index contributed by atoms with van der Waals surface area (Å²) in [6.45, 7) is 1.95. The Morgan fingerprint density at radius 3 is 2.81 bits per heavy atom. The number of carbonyl (C=O) groups excluding carboxylic acids is 1. The van der Waals surface area contributed by atoms with Gasteiger partial charge in [0.2, 0.25) is 5.91 Å². The molecule has 0 saturated carbocycles. The predicted molar refractivity (Wildman–Crippen MR) is 88.1 cm³/mol. The summed E-state index contributed by atoms with van der Waals surface area (Å²) in [7, 11) is 0. The van der Waals surface area contributed by atoms with Gasteiger partial charge in [0.1, 0.15) is 0 Å². The SMILES string of the molecule is Cc1cc2sc(NC(=O)Cc3ccccc3)nc2cc1Cl. The molecule has 0 aliphatic rings. The number of aromatic nitrogens is 1. The standard InChI is InChI=1S/C16H13ClN2OS/c1-10-7-14-13(9-12(10)17)18-16(21-14)19-15(20)8-11-5-3-2-4-6-11/h2-7,9H,8H2,1H3,(H,18,19,20). The van der Waals surface area contributed by atoms with Crippen LogP contribution in [0.5, 0.6) is 0 Å². The topological polar surface area (TPSA) is 42.0 Å². The Balaban J connectivity index is 1.77. The van der Waals surface area contributed by atoms with E-state index in [-0.39, 0.29) is 5.91 Å². The van der Waals surface area contributed by atoms with Crippen molar-refractivity contribution in [3.05, 3.63) is 58.6 Å². The maximum absolute atomic E-state index is 12.0. The van der Waals surface area contributed by atoms with E-state index in [0.29, 0.717) is 16.6 Å². The summed E-state index contributed by atoms with van der Waals surface area (Å²) in [5.74, 6) is -0.0666. The molecule has 0 spiro atoms. The van der Waals surface area contributed by atoms with Crippen LogP contribution >= 0.6 is 22.9 Å². The molecule has 3 rings (SSSR count). The average Bonchev–Trinajstić information content (AvgIpc) is 2.81. The fraction of sp³-hybridized carbons (Fsp3) is 0.125.